The quantitative estimate of drug-likeness (QED) is 0.671. The van der Waals surface area contributed by atoms with Crippen LogP contribution in [0.5, 0.6) is 17.2 Å². The molecule has 0 spiro atoms. The predicted molar refractivity (Wildman–Crippen MR) is 84.9 cm³/mol. The monoisotopic (exact) mass is 312 g/mol. The first-order valence-electron chi connectivity index (χ1n) is 7.15. The van der Waals surface area contributed by atoms with Crippen molar-refractivity contribution in [1.29, 1.82) is 0 Å². The van der Waals surface area contributed by atoms with E-state index in [4.69, 9.17) is 9.47 Å². The van der Waals surface area contributed by atoms with E-state index in [0.29, 0.717) is 17.1 Å². The molecule has 0 saturated heterocycles. The Bertz CT molecular complexity index is 758. The van der Waals surface area contributed by atoms with Crippen LogP contribution in [0, 0.1) is 6.92 Å². The number of benzene rings is 2. The van der Waals surface area contributed by atoms with E-state index in [1.54, 1.807) is 43.3 Å². The molecule has 118 valence electrons. The largest absolute Gasteiger partial charge is 0.507 e. The highest BCUT2D eigenvalue weighted by molar-refractivity contribution is 5.87. The molecule has 1 atom stereocenters. The summed E-state index contributed by atoms with van der Waals surface area (Å²) >= 11 is 0. The third-order valence-corrected chi connectivity index (χ3v) is 3.45. The highest BCUT2D eigenvalue weighted by Crippen LogP contribution is 2.30. The van der Waals surface area contributed by atoms with Crippen LogP contribution < -0.4 is 14.9 Å². The van der Waals surface area contributed by atoms with E-state index in [1.165, 1.54) is 6.21 Å². The van der Waals surface area contributed by atoms with Gasteiger partial charge in [-0.1, -0.05) is 24.3 Å². The average Bonchev–Trinajstić information content (AvgIpc) is 2.58. The smallest absolute Gasteiger partial charge is 0.284 e. The maximum Gasteiger partial charge on any atom is 0.284 e. The fraction of sp³-hybridized carbons (Fsp3) is 0.176. The summed E-state index contributed by atoms with van der Waals surface area (Å²) in [5, 5.41) is 13.7. The number of aryl methyl sites for hydroxylation is 1. The van der Waals surface area contributed by atoms with Gasteiger partial charge in [0, 0.05) is 5.56 Å². The average molecular weight is 312 g/mol. The lowest BCUT2D eigenvalue weighted by Gasteiger charge is -2.24. The summed E-state index contributed by atoms with van der Waals surface area (Å²) in [6.07, 6.45) is 0.617. The summed E-state index contributed by atoms with van der Waals surface area (Å²) in [6, 6.07) is 12.4. The lowest BCUT2D eigenvalue weighted by molar-refractivity contribution is -0.130. The summed E-state index contributed by atoms with van der Waals surface area (Å²) in [4.78, 5) is 12.1. The number of hydrogen-bond donors (Lipinski definition) is 2. The molecule has 0 fully saturated rings. The molecule has 2 aromatic carbocycles. The summed E-state index contributed by atoms with van der Waals surface area (Å²) in [5.74, 6) is 0.864. The van der Waals surface area contributed by atoms with Crippen molar-refractivity contribution in [2.45, 2.75) is 13.0 Å². The van der Waals surface area contributed by atoms with Crippen LogP contribution in [0.1, 0.15) is 11.1 Å². The zero-order chi connectivity index (χ0) is 16.2. The summed E-state index contributed by atoms with van der Waals surface area (Å²) in [6.45, 7) is 1.91. The molecule has 6 heteroatoms. The zero-order valence-electron chi connectivity index (χ0n) is 12.5. The van der Waals surface area contributed by atoms with Gasteiger partial charge in [-0.15, -0.1) is 0 Å². The first-order chi connectivity index (χ1) is 11.1. The highest BCUT2D eigenvalue weighted by atomic mass is 16.6. The van der Waals surface area contributed by atoms with Crippen LogP contribution in [-0.4, -0.2) is 29.9 Å². The van der Waals surface area contributed by atoms with Gasteiger partial charge in [-0.2, -0.15) is 5.10 Å². The van der Waals surface area contributed by atoms with Gasteiger partial charge in [0.25, 0.3) is 5.91 Å². The molecular weight excluding hydrogens is 296 g/mol. The van der Waals surface area contributed by atoms with Gasteiger partial charge in [0.1, 0.15) is 12.4 Å². The first kappa shape index (κ1) is 14.9. The fourth-order valence-corrected chi connectivity index (χ4v) is 2.17. The van der Waals surface area contributed by atoms with Crippen molar-refractivity contribution in [3.63, 3.8) is 0 Å². The Morgan fingerprint density at radius 3 is 2.87 bits per heavy atom. The van der Waals surface area contributed by atoms with Crippen molar-refractivity contribution in [3.8, 4) is 17.2 Å². The molecule has 0 unspecified atom stereocenters. The van der Waals surface area contributed by atoms with Crippen LogP contribution in [0.25, 0.3) is 0 Å². The minimum Gasteiger partial charge on any atom is -0.507 e. The third kappa shape index (κ3) is 3.26. The second-order valence-corrected chi connectivity index (χ2v) is 5.11. The van der Waals surface area contributed by atoms with Crippen molar-refractivity contribution < 1.29 is 19.4 Å². The lowest BCUT2D eigenvalue weighted by atomic mass is 10.1. The second-order valence-electron chi connectivity index (χ2n) is 5.11. The van der Waals surface area contributed by atoms with Gasteiger partial charge in [-0.25, -0.2) is 5.43 Å². The number of hydrazone groups is 1. The van der Waals surface area contributed by atoms with Crippen LogP contribution in [0.4, 0.5) is 0 Å². The summed E-state index contributed by atoms with van der Waals surface area (Å²) in [5.41, 5.74) is 3.65. The molecule has 0 radical (unpaired) electrons. The minimum absolute atomic E-state index is 0.119. The fourth-order valence-electron chi connectivity index (χ4n) is 2.17. The molecular formula is C17H16N2O4. The highest BCUT2D eigenvalue weighted by Gasteiger charge is 2.26. The Balaban J connectivity index is 1.62. The number of phenols is 1. The Morgan fingerprint density at radius 2 is 2.04 bits per heavy atom. The number of fused-ring (bicyclic) bond motifs is 1. The van der Waals surface area contributed by atoms with Crippen molar-refractivity contribution in [2.24, 2.45) is 5.10 Å². The van der Waals surface area contributed by atoms with E-state index in [9.17, 15) is 9.90 Å². The van der Waals surface area contributed by atoms with Crippen molar-refractivity contribution in [3.05, 3.63) is 53.6 Å². The third-order valence-electron chi connectivity index (χ3n) is 3.45. The number of hydrogen-bond acceptors (Lipinski definition) is 5. The molecule has 0 saturated carbocycles. The van der Waals surface area contributed by atoms with E-state index in [2.05, 4.69) is 10.5 Å². The maximum absolute atomic E-state index is 12.1. The molecule has 23 heavy (non-hydrogen) atoms. The van der Waals surface area contributed by atoms with Crippen molar-refractivity contribution in [1.82, 2.24) is 5.43 Å². The van der Waals surface area contributed by atoms with E-state index >= 15 is 0 Å². The SMILES string of the molecule is Cc1cccc(/C=N\NC(=O)[C@@H]2COc3ccccc3O2)c1O. The van der Waals surface area contributed by atoms with Crippen LogP contribution >= 0.6 is 0 Å². The molecule has 1 aliphatic rings. The molecule has 2 N–H and O–H groups in total. The predicted octanol–water partition coefficient (Wildman–Crippen LogP) is 1.99. The number of phenolic OH excluding ortho intramolecular Hbond substituents is 1. The first-order valence-corrected chi connectivity index (χ1v) is 7.15. The number of ether oxygens (including phenoxy) is 2. The van der Waals surface area contributed by atoms with E-state index in [1.807, 2.05) is 6.07 Å². The number of para-hydroxylation sites is 3. The minimum atomic E-state index is -0.770. The van der Waals surface area contributed by atoms with Crippen LogP contribution in [0.3, 0.4) is 0 Å². The Hall–Kier alpha value is -3.02. The molecule has 0 bridgehead atoms. The Kier molecular flexibility index (Phi) is 4.14. The van der Waals surface area contributed by atoms with E-state index in [-0.39, 0.29) is 12.4 Å². The number of nitrogens with zero attached hydrogens (tertiary/aromatic N) is 1. The van der Waals surface area contributed by atoms with Gasteiger partial charge in [-0.3, -0.25) is 4.79 Å². The molecule has 1 aliphatic heterocycles. The number of rotatable bonds is 3. The van der Waals surface area contributed by atoms with Gasteiger partial charge in [0.2, 0.25) is 6.10 Å². The second kappa shape index (κ2) is 6.39. The molecule has 6 nitrogen and oxygen atoms in total. The Labute approximate surface area is 133 Å². The summed E-state index contributed by atoms with van der Waals surface area (Å²) < 4.78 is 11.1. The topological polar surface area (TPSA) is 80.2 Å². The zero-order valence-corrected chi connectivity index (χ0v) is 12.5. The lowest BCUT2D eigenvalue weighted by Crippen LogP contribution is -2.42. The summed E-state index contributed by atoms with van der Waals surface area (Å²) in [7, 11) is 0. The van der Waals surface area contributed by atoms with Gasteiger partial charge in [-0.05, 0) is 30.7 Å². The molecule has 3 rings (SSSR count). The molecule has 0 aromatic heterocycles. The van der Waals surface area contributed by atoms with Crippen LogP contribution in [0.15, 0.2) is 47.6 Å². The number of nitrogens with one attached hydrogen (secondary N) is 1. The number of carbonyl (C=O) groups is 1. The van der Waals surface area contributed by atoms with Crippen molar-refractivity contribution in [2.75, 3.05) is 6.61 Å². The van der Waals surface area contributed by atoms with Gasteiger partial charge >= 0.3 is 0 Å². The van der Waals surface area contributed by atoms with E-state index < -0.39 is 12.0 Å². The van der Waals surface area contributed by atoms with Crippen LogP contribution in [0.2, 0.25) is 0 Å². The van der Waals surface area contributed by atoms with Crippen LogP contribution in [-0.2, 0) is 4.79 Å². The number of carbonyl (C=O) groups excluding carboxylic acids is 1. The molecule has 0 aliphatic carbocycles. The van der Waals surface area contributed by atoms with Crippen molar-refractivity contribution >= 4 is 12.1 Å². The van der Waals surface area contributed by atoms with Gasteiger partial charge in [0.05, 0.1) is 6.21 Å². The number of aromatic hydroxyl groups is 1. The normalized spacial score (nSPS) is 16.3. The van der Waals surface area contributed by atoms with Gasteiger partial charge < -0.3 is 14.6 Å². The maximum atomic E-state index is 12.1. The van der Waals surface area contributed by atoms with Gasteiger partial charge in [0.15, 0.2) is 11.5 Å². The van der Waals surface area contributed by atoms with E-state index in [0.717, 1.165) is 5.56 Å². The molecule has 1 heterocycles. The Morgan fingerprint density at radius 1 is 1.26 bits per heavy atom. The standard InChI is InChI=1S/C17H16N2O4/c1-11-5-4-6-12(16(11)20)9-18-19-17(21)15-10-22-13-7-2-3-8-14(13)23-15/h2-9,15,20H,10H2,1H3,(H,19,21)/b18-9-/t15-/m0/s1. The number of amides is 1. The molecule has 1 amide bonds. The molecule has 2 aromatic rings.